The number of aromatic nitrogens is 1. The summed E-state index contributed by atoms with van der Waals surface area (Å²) in [5.41, 5.74) is 1.32. The molecule has 0 spiro atoms. The van der Waals surface area contributed by atoms with Crippen molar-refractivity contribution >= 4 is 66.9 Å². The Labute approximate surface area is 143 Å². The fourth-order valence-corrected chi connectivity index (χ4v) is 2.98. The zero-order chi connectivity index (χ0) is 14.9. The molecule has 0 radical (unpaired) electrons. The van der Waals surface area contributed by atoms with E-state index < -0.39 is 0 Å². The van der Waals surface area contributed by atoms with Gasteiger partial charge in [0.1, 0.15) is 0 Å². The number of rotatable bonds is 3. The average molecular weight is 438 g/mol. The van der Waals surface area contributed by atoms with Crippen LogP contribution in [0.1, 0.15) is 16.1 Å². The van der Waals surface area contributed by atoms with Crippen molar-refractivity contribution in [2.24, 2.45) is 7.05 Å². The second-order valence-corrected chi connectivity index (χ2v) is 6.54. The number of halogens is 4. The number of carbonyl (C=O) groups excluding carboxylic acids is 1. The fraction of sp³-hybridized carbons (Fsp3) is 0.0714. The molecule has 0 fully saturated rings. The van der Waals surface area contributed by atoms with Crippen molar-refractivity contribution in [3.05, 3.63) is 60.7 Å². The quantitative estimate of drug-likeness (QED) is 0.442. The molecule has 0 saturated carbocycles. The van der Waals surface area contributed by atoms with Crippen LogP contribution in [-0.2, 0) is 7.05 Å². The molecule has 0 aliphatic carbocycles. The van der Waals surface area contributed by atoms with Crippen molar-refractivity contribution in [2.45, 2.75) is 0 Å². The molecule has 2 nitrogen and oxygen atoms in total. The molecule has 104 valence electrons. The normalized spacial score (nSPS) is 11.2. The first kappa shape index (κ1) is 15.8. The lowest BCUT2D eigenvalue weighted by Gasteiger charge is -2.01. The molecule has 0 amide bonds. The SMILES string of the molecule is Cn1c(/C=C/C(=O)c2ccc(Cl)cc2Cl)cc(Br)c1Br. The van der Waals surface area contributed by atoms with E-state index in [1.54, 1.807) is 24.3 Å². The van der Waals surface area contributed by atoms with Gasteiger partial charge in [-0.2, -0.15) is 0 Å². The summed E-state index contributed by atoms with van der Waals surface area (Å²) < 4.78 is 3.75. The van der Waals surface area contributed by atoms with Crippen LogP contribution in [0.25, 0.3) is 6.08 Å². The first-order valence-corrected chi connectivity index (χ1v) is 7.92. The van der Waals surface area contributed by atoms with Gasteiger partial charge in [0.15, 0.2) is 5.78 Å². The zero-order valence-electron chi connectivity index (χ0n) is 10.3. The van der Waals surface area contributed by atoms with E-state index in [-0.39, 0.29) is 5.78 Å². The van der Waals surface area contributed by atoms with Gasteiger partial charge in [-0.15, -0.1) is 0 Å². The van der Waals surface area contributed by atoms with Crippen LogP contribution in [-0.4, -0.2) is 10.4 Å². The predicted octanol–water partition coefficient (Wildman–Crippen LogP) is 5.75. The summed E-state index contributed by atoms with van der Waals surface area (Å²) in [6.07, 6.45) is 3.23. The van der Waals surface area contributed by atoms with E-state index in [2.05, 4.69) is 31.9 Å². The van der Waals surface area contributed by atoms with Crippen molar-refractivity contribution in [1.29, 1.82) is 0 Å². The Hall–Kier alpha value is -0.550. The van der Waals surface area contributed by atoms with Gasteiger partial charge in [0, 0.05) is 23.3 Å². The molecule has 0 bridgehead atoms. The summed E-state index contributed by atoms with van der Waals surface area (Å²) in [6, 6.07) is 6.73. The maximum Gasteiger partial charge on any atom is 0.187 e. The minimum absolute atomic E-state index is 0.167. The standard InChI is InChI=1S/C14H9Br2Cl2NO/c1-19-9(7-11(15)14(19)16)3-5-13(20)10-4-2-8(17)6-12(10)18/h2-7H,1H3/b5-3+. The summed E-state index contributed by atoms with van der Waals surface area (Å²) in [5.74, 6) is -0.167. The summed E-state index contributed by atoms with van der Waals surface area (Å²) in [7, 11) is 1.90. The van der Waals surface area contributed by atoms with Crippen LogP contribution >= 0.6 is 55.1 Å². The molecule has 2 aromatic rings. The molecule has 0 N–H and O–H groups in total. The van der Waals surface area contributed by atoms with Gasteiger partial charge < -0.3 is 4.57 Å². The number of allylic oxidation sites excluding steroid dienone is 1. The van der Waals surface area contributed by atoms with Gasteiger partial charge in [0.25, 0.3) is 0 Å². The van der Waals surface area contributed by atoms with E-state index in [9.17, 15) is 4.79 Å². The maximum atomic E-state index is 12.1. The second-order valence-electron chi connectivity index (χ2n) is 4.09. The molecule has 1 aromatic carbocycles. The molecule has 0 aliphatic heterocycles. The molecule has 0 saturated heterocycles. The monoisotopic (exact) mass is 435 g/mol. The third-order valence-electron chi connectivity index (χ3n) is 2.76. The minimum atomic E-state index is -0.167. The molecule has 6 heteroatoms. The highest BCUT2D eigenvalue weighted by molar-refractivity contribution is 9.13. The van der Waals surface area contributed by atoms with E-state index >= 15 is 0 Å². The van der Waals surface area contributed by atoms with Crippen molar-refractivity contribution in [1.82, 2.24) is 4.57 Å². The summed E-state index contributed by atoms with van der Waals surface area (Å²) in [4.78, 5) is 12.1. The Balaban J connectivity index is 2.27. The van der Waals surface area contributed by atoms with Crippen LogP contribution in [0.2, 0.25) is 10.0 Å². The van der Waals surface area contributed by atoms with Crippen LogP contribution in [0.4, 0.5) is 0 Å². The maximum absolute atomic E-state index is 12.1. The number of benzene rings is 1. The van der Waals surface area contributed by atoms with Crippen molar-refractivity contribution in [3.8, 4) is 0 Å². The second kappa shape index (κ2) is 6.48. The molecular formula is C14H9Br2Cl2NO. The number of carbonyl (C=O) groups is 1. The number of nitrogens with zero attached hydrogens (tertiary/aromatic N) is 1. The Morgan fingerprint density at radius 1 is 1.25 bits per heavy atom. The van der Waals surface area contributed by atoms with Gasteiger partial charge in [0.2, 0.25) is 0 Å². The summed E-state index contributed by atoms with van der Waals surface area (Å²) in [5, 5.41) is 0.854. The lowest BCUT2D eigenvalue weighted by atomic mass is 10.1. The number of ketones is 1. The van der Waals surface area contributed by atoms with Gasteiger partial charge in [-0.1, -0.05) is 23.2 Å². The van der Waals surface area contributed by atoms with Gasteiger partial charge in [0.05, 0.1) is 14.1 Å². The summed E-state index contributed by atoms with van der Waals surface area (Å²) >= 11 is 18.7. The Bertz CT molecular complexity index is 707. The highest BCUT2D eigenvalue weighted by atomic mass is 79.9. The smallest absolute Gasteiger partial charge is 0.187 e. The Morgan fingerprint density at radius 2 is 1.95 bits per heavy atom. The Kier molecular flexibility index (Phi) is 5.13. The van der Waals surface area contributed by atoms with Gasteiger partial charge in [-0.3, -0.25) is 4.79 Å². The molecule has 1 aromatic heterocycles. The van der Waals surface area contributed by atoms with Crippen LogP contribution in [0.5, 0.6) is 0 Å². The Morgan fingerprint density at radius 3 is 2.50 bits per heavy atom. The first-order valence-electron chi connectivity index (χ1n) is 5.58. The van der Waals surface area contributed by atoms with Crippen molar-refractivity contribution in [3.63, 3.8) is 0 Å². The topological polar surface area (TPSA) is 22.0 Å². The van der Waals surface area contributed by atoms with E-state index in [0.717, 1.165) is 14.8 Å². The molecule has 0 aliphatic rings. The van der Waals surface area contributed by atoms with Crippen LogP contribution < -0.4 is 0 Å². The fourth-order valence-electron chi connectivity index (χ4n) is 1.66. The van der Waals surface area contributed by atoms with Crippen molar-refractivity contribution < 1.29 is 4.79 Å². The lowest BCUT2D eigenvalue weighted by Crippen LogP contribution is -1.96. The molecule has 2 rings (SSSR count). The predicted molar refractivity (Wildman–Crippen MR) is 90.6 cm³/mol. The van der Waals surface area contributed by atoms with E-state index in [4.69, 9.17) is 23.2 Å². The molecular weight excluding hydrogens is 429 g/mol. The first-order chi connectivity index (χ1) is 9.40. The van der Waals surface area contributed by atoms with E-state index in [1.165, 1.54) is 6.08 Å². The summed E-state index contributed by atoms with van der Waals surface area (Å²) in [6.45, 7) is 0. The van der Waals surface area contributed by atoms with Crippen molar-refractivity contribution in [2.75, 3.05) is 0 Å². The molecule has 0 unspecified atom stereocenters. The third kappa shape index (κ3) is 3.37. The number of hydrogen-bond acceptors (Lipinski definition) is 1. The minimum Gasteiger partial charge on any atom is -0.338 e. The van der Waals surface area contributed by atoms with Crippen LogP contribution in [0.15, 0.2) is 39.4 Å². The van der Waals surface area contributed by atoms with Crippen LogP contribution in [0, 0.1) is 0 Å². The molecule has 0 atom stereocenters. The zero-order valence-corrected chi connectivity index (χ0v) is 15.0. The number of hydrogen-bond donors (Lipinski definition) is 0. The molecule has 1 heterocycles. The van der Waals surface area contributed by atoms with Gasteiger partial charge in [-0.25, -0.2) is 0 Å². The van der Waals surface area contributed by atoms with Gasteiger partial charge >= 0.3 is 0 Å². The van der Waals surface area contributed by atoms with Gasteiger partial charge in [-0.05, 0) is 68.3 Å². The van der Waals surface area contributed by atoms with Crippen LogP contribution in [0.3, 0.4) is 0 Å². The largest absolute Gasteiger partial charge is 0.338 e. The average Bonchev–Trinajstić information content (AvgIpc) is 2.63. The highest BCUT2D eigenvalue weighted by Crippen LogP contribution is 2.27. The third-order valence-corrected chi connectivity index (χ3v) is 5.40. The lowest BCUT2D eigenvalue weighted by molar-refractivity contribution is 0.104. The molecule has 20 heavy (non-hydrogen) atoms. The van der Waals surface area contributed by atoms with E-state index in [0.29, 0.717) is 15.6 Å². The van der Waals surface area contributed by atoms with E-state index in [1.807, 2.05) is 17.7 Å². The highest BCUT2D eigenvalue weighted by Gasteiger charge is 2.09.